The Bertz CT molecular complexity index is 564. The first-order valence-corrected chi connectivity index (χ1v) is 14.7. The topological polar surface area (TPSA) is 119 Å². The minimum atomic E-state index is -0.410. The van der Waals surface area contributed by atoms with Crippen LogP contribution in [0.2, 0.25) is 0 Å². The van der Waals surface area contributed by atoms with Crippen LogP contribution >= 0.6 is 0 Å². The molecular formula is C29H56O12. The van der Waals surface area contributed by atoms with Crippen molar-refractivity contribution in [2.24, 2.45) is 5.92 Å². The molecule has 244 valence electrons. The lowest BCUT2D eigenvalue weighted by Gasteiger charge is -2.10. The van der Waals surface area contributed by atoms with Gasteiger partial charge in [-0.1, -0.05) is 26.8 Å². The average molecular weight is 597 g/mol. The monoisotopic (exact) mass is 596 g/mol. The molecule has 12 heteroatoms. The van der Waals surface area contributed by atoms with E-state index in [9.17, 15) is 4.79 Å². The smallest absolute Gasteiger partial charge is 0.333 e. The Balaban J connectivity index is 3.08. The van der Waals surface area contributed by atoms with Gasteiger partial charge in [0.05, 0.1) is 126 Å². The molecule has 0 aliphatic rings. The predicted octanol–water partition coefficient (Wildman–Crippen LogP) is 2.32. The first-order chi connectivity index (χ1) is 20.1. The summed E-state index contributed by atoms with van der Waals surface area (Å²) in [5.41, 5.74) is 0.372. The summed E-state index contributed by atoms with van der Waals surface area (Å²) < 4.78 is 59.3. The molecule has 41 heavy (non-hydrogen) atoms. The largest absolute Gasteiger partial charge is 0.460 e. The second-order valence-electron chi connectivity index (χ2n) is 9.02. The highest BCUT2D eigenvalue weighted by Gasteiger charge is 2.02. The van der Waals surface area contributed by atoms with Crippen LogP contribution in [-0.4, -0.2) is 145 Å². The maximum absolute atomic E-state index is 11.2. The van der Waals surface area contributed by atoms with E-state index in [4.69, 9.17) is 52.1 Å². The Morgan fingerprint density at radius 1 is 0.488 bits per heavy atom. The molecule has 1 atom stereocenters. The Hall–Kier alpha value is -1.19. The van der Waals surface area contributed by atoms with Crippen LogP contribution < -0.4 is 0 Å². The molecule has 0 spiro atoms. The zero-order valence-corrected chi connectivity index (χ0v) is 25.7. The maximum atomic E-state index is 11.2. The van der Waals surface area contributed by atoms with Gasteiger partial charge in [-0.3, -0.25) is 0 Å². The van der Waals surface area contributed by atoms with E-state index in [2.05, 4.69) is 20.4 Å². The van der Waals surface area contributed by atoms with Gasteiger partial charge in [-0.2, -0.15) is 0 Å². The van der Waals surface area contributed by atoms with E-state index in [0.717, 1.165) is 13.0 Å². The van der Waals surface area contributed by atoms with Crippen molar-refractivity contribution in [3.8, 4) is 0 Å². The highest BCUT2D eigenvalue weighted by Crippen LogP contribution is 2.00. The van der Waals surface area contributed by atoms with Gasteiger partial charge in [0.2, 0.25) is 0 Å². The zero-order valence-electron chi connectivity index (χ0n) is 25.7. The highest BCUT2D eigenvalue weighted by atomic mass is 16.6. The van der Waals surface area contributed by atoms with Gasteiger partial charge in [0.15, 0.2) is 0 Å². The molecule has 1 unspecified atom stereocenters. The number of esters is 1. The van der Waals surface area contributed by atoms with Crippen molar-refractivity contribution < 1.29 is 56.9 Å². The third-order valence-electron chi connectivity index (χ3n) is 5.26. The van der Waals surface area contributed by atoms with E-state index < -0.39 is 5.97 Å². The Labute approximate surface area is 247 Å². The van der Waals surface area contributed by atoms with Crippen molar-refractivity contribution in [3.05, 3.63) is 12.2 Å². The summed E-state index contributed by atoms with van der Waals surface area (Å²) in [7, 11) is 0. The lowest BCUT2D eigenvalue weighted by atomic mass is 10.1. The Morgan fingerprint density at radius 3 is 0.976 bits per heavy atom. The second kappa shape index (κ2) is 33.3. The van der Waals surface area contributed by atoms with Crippen LogP contribution in [0.3, 0.4) is 0 Å². The molecule has 0 amide bonds. The Morgan fingerprint density at radius 2 is 0.732 bits per heavy atom. The van der Waals surface area contributed by atoms with Crippen LogP contribution in [0.1, 0.15) is 27.2 Å². The van der Waals surface area contributed by atoms with Gasteiger partial charge >= 0.3 is 5.97 Å². The molecule has 0 aliphatic heterocycles. The quantitative estimate of drug-likeness (QED) is 0.0616. The summed E-state index contributed by atoms with van der Waals surface area (Å²) in [6, 6.07) is 0. The van der Waals surface area contributed by atoms with Gasteiger partial charge in [0.25, 0.3) is 0 Å². The molecule has 12 nitrogen and oxygen atoms in total. The van der Waals surface area contributed by atoms with Crippen molar-refractivity contribution in [3.63, 3.8) is 0 Å². The summed E-state index contributed by atoms with van der Waals surface area (Å²) in [5, 5.41) is 0. The van der Waals surface area contributed by atoms with Crippen molar-refractivity contribution in [2.75, 3.05) is 139 Å². The first kappa shape index (κ1) is 39.8. The molecule has 0 heterocycles. The van der Waals surface area contributed by atoms with Crippen molar-refractivity contribution in [1.29, 1.82) is 0 Å². The highest BCUT2D eigenvalue weighted by molar-refractivity contribution is 5.86. The van der Waals surface area contributed by atoms with Crippen LogP contribution in [0.5, 0.6) is 0 Å². The molecule has 0 aliphatic carbocycles. The van der Waals surface area contributed by atoms with E-state index in [1.807, 2.05) is 0 Å². The molecule has 0 fully saturated rings. The number of rotatable bonds is 34. The van der Waals surface area contributed by atoms with Crippen LogP contribution in [0, 0.1) is 5.92 Å². The standard InChI is InChI=1S/C29H56O12/c1-5-28(4)26-40-23-22-38-19-18-36-15-14-34-11-10-32-7-6-31-8-9-33-12-13-35-16-17-37-20-21-39-24-25-41-29(30)27(2)3/h28H,2,5-26H2,1,3-4H3. The average Bonchev–Trinajstić information content (AvgIpc) is 2.97. The maximum Gasteiger partial charge on any atom is 0.333 e. The zero-order chi connectivity index (χ0) is 30.1. The minimum absolute atomic E-state index is 0.202. The van der Waals surface area contributed by atoms with Gasteiger partial charge < -0.3 is 52.1 Å². The van der Waals surface area contributed by atoms with E-state index >= 15 is 0 Å². The number of carbonyl (C=O) groups excluding carboxylic acids is 1. The fourth-order valence-electron chi connectivity index (χ4n) is 2.70. The molecule has 0 radical (unpaired) electrons. The fourth-order valence-corrected chi connectivity index (χ4v) is 2.70. The third kappa shape index (κ3) is 33.2. The lowest BCUT2D eigenvalue weighted by Crippen LogP contribution is -2.15. The second-order valence-corrected chi connectivity index (χ2v) is 9.02. The molecule has 0 saturated heterocycles. The molecule has 0 saturated carbocycles. The van der Waals surface area contributed by atoms with Crippen LogP contribution in [0.15, 0.2) is 12.2 Å². The Kier molecular flexibility index (Phi) is 32.3. The minimum Gasteiger partial charge on any atom is -0.460 e. The van der Waals surface area contributed by atoms with E-state index in [1.165, 1.54) is 0 Å². The van der Waals surface area contributed by atoms with Gasteiger partial charge in [-0.05, 0) is 12.8 Å². The lowest BCUT2D eigenvalue weighted by molar-refractivity contribution is -0.140. The van der Waals surface area contributed by atoms with E-state index in [0.29, 0.717) is 137 Å². The summed E-state index contributed by atoms with van der Waals surface area (Å²) in [6.45, 7) is 20.0. The molecule has 0 rings (SSSR count). The molecule has 0 N–H and O–H groups in total. The van der Waals surface area contributed by atoms with E-state index in [-0.39, 0.29) is 6.61 Å². The van der Waals surface area contributed by atoms with Crippen LogP contribution in [-0.2, 0) is 56.9 Å². The SMILES string of the molecule is C=C(C)C(=O)OCCOCCOCCOCCOCCOCCOCCOCCOCCOCCOCC(C)CC. The summed E-state index contributed by atoms with van der Waals surface area (Å²) in [5.74, 6) is 0.185. The van der Waals surface area contributed by atoms with Crippen LogP contribution in [0.4, 0.5) is 0 Å². The van der Waals surface area contributed by atoms with Crippen molar-refractivity contribution in [2.45, 2.75) is 27.2 Å². The fraction of sp³-hybridized carbons (Fsp3) is 0.897. The van der Waals surface area contributed by atoms with Gasteiger partial charge in [-0.25, -0.2) is 4.79 Å². The number of carbonyl (C=O) groups is 1. The van der Waals surface area contributed by atoms with E-state index in [1.54, 1.807) is 6.92 Å². The molecule has 0 aromatic rings. The summed E-state index contributed by atoms with van der Waals surface area (Å²) in [6.07, 6.45) is 1.13. The predicted molar refractivity (Wildman–Crippen MR) is 153 cm³/mol. The number of hydrogen-bond donors (Lipinski definition) is 0. The number of ether oxygens (including phenoxy) is 11. The molecule has 0 aromatic carbocycles. The molecule has 0 aromatic heterocycles. The molecular weight excluding hydrogens is 540 g/mol. The number of hydrogen-bond acceptors (Lipinski definition) is 12. The summed E-state index contributed by atoms with van der Waals surface area (Å²) in [4.78, 5) is 11.2. The van der Waals surface area contributed by atoms with Crippen molar-refractivity contribution >= 4 is 5.97 Å². The first-order valence-electron chi connectivity index (χ1n) is 14.7. The normalized spacial score (nSPS) is 12.1. The van der Waals surface area contributed by atoms with Gasteiger partial charge in [0, 0.05) is 12.2 Å². The van der Waals surface area contributed by atoms with Crippen LogP contribution in [0.25, 0.3) is 0 Å². The van der Waals surface area contributed by atoms with Crippen molar-refractivity contribution in [1.82, 2.24) is 0 Å². The summed E-state index contributed by atoms with van der Waals surface area (Å²) >= 11 is 0. The van der Waals surface area contributed by atoms with Gasteiger partial charge in [-0.15, -0.1) is 0 Å². The third-order valence-corrected chi connectivity index (χ3v) is 5.26. The van der Waals surface area contributed by atoms with Gasteiger partial charge in [0.1, 0.15) is 6.61 Å². The molecule has 0 bridgehead atoms.